The van der Waals surface area contributed by atoms with E-state index in [-0.39, 0.29) is 12.4 Å². The minimum absolute atomic E-state index is 0. The summed E-state index contributed by atoms with van der Waals surface area (Å²) in [6.07, 6.45) is 2.43. The zero-order valence-corrected chi connectivity index (χ0v) is 8.40. The van der Waals surface area contributed by atoms with Gasteiger partial charge in [0.25, 0.3) is 0 Å². The first-order chi connectivity index (χ1) is 5.79. The van der Waals surface area contributed by atoms with Crippen LogP contribution in [0.15, 0.2) is 0 Å². The van der Waals surface area contributed by atoms with Crippen molar-refractivity contribution in [1.82, 2.24) is 10.6 Å². The summed E-state index contributed by atoms with van der Waals surface area (Å²) in [5, 5.41) is 14.0. The summed E-state index contributed by atoms with van der Waals surface area (Å²) < 4.78 is 0. The first-order valence-electron chi connectivity index (χ1n) is 4.46. The number of amides is 1. The zero-order valence-electron chi connectivity index (χ0n) is 7.58. The van der Waals surface area contributed by atoms with Gasteiger partial charge in [0, 0.05) is 6.54 Å². The number of halogens is 1. The predicted molar refractivity (Wildman–Crippen MR) is 53.5 cm³/mol. The Balaban J connectivity index is 0.00000144. The highest BCUT2D eigenvalue weighted by atomic mass is 35.5. The van der Waals surface area contributed by atoms with Crippen molar-refractivity contribution in [3.05, 3.63) is 0 Å². The number of hydrogen-bond donors (Lipinski definition) is 3. The molecule has 1 saturated heterocycles. The lowest BCUT2D eigenvalue weighted by Crippen LogP contribution is -2.30. The molecule has 0 aromatic heterocycles. The summed E-state index contributed by atoms with van der Waals surface area (Å²) in [6.45, 7) is 2.76. The molecule has 1 heterocycles. The Morgan fingerprint density at radius 2 is 2.08 bits per heavy atom. The smallest absolute Gasteiger partial charge is 0.404 e. The van der Waals surface area contributed by atoms with E-state index in [1.165, 1.54) is 12.8 Å². The molecule has 1 aliphatic heterocycles. The molecule has 0 aliphatic carbocycles. The molecule has 0 atom stereocenters. The summed E-state index contributed by atoms with van der Waals surface area (Å²) in [4.78, 5) is 10.1. The van der Waals surface area contributed by atoms with Gasteiger partial charge in [0.15, 0.2) is 0 Å². The second-order valence-corrected chi connectivity index (χ2v) is 3.21. The van der Waals surface area contributed by atoms with Crippen molar-refractivity contribution in [2.45, 2.75) is 19.3 Å². The van der Waals surface area contributed by atoms with Gasteiger partial charge in [-0.25, -0.2) is 4.79 Å². The quantitative estimate of drug-likeness (QED) is 0.650. The van der Waals surface area contributed by atoms with E-state index in [2.05, 4.69) is 10.6 Å². The van der Waals surface area contributed by atoms with E-state index in [4.69, 9.17) is 5.11 Å². The van der Waals surface area contributed by atoms with Crippen LogP contribution in [-0.4, -0.2) is 30.8 Å². The van der Waals surface area contributed by atoms with Gasteiger partial charge in [0.05, 0.1) is 0 Å². The number of nitrogens with one attached hydrogen (secondary N) is 2. The maximum absolute atomic E-state index is 10.1. The van der Waals surface area contributed by atoms with Crippen LogP contribution in [0.4, 0.5) is 4.79 Å². The predicted octanol–water partition coefficient (Wildman–Crippen LogP) is 1.07. The van der Waals surface area contributed by atoms with Crippen molar-refractivity contribution in [3.63, 3.8) is 0 Å². The average molecular weight is 209 g/mol. The Morgan fingerprint density at radius 3 is 2.62 bits per heavy atom. The third-order valence-corrected chi connectivity index (χ3v) is 2.29. The van der Waals surface area contributed by atoms with Crippen LogP contribution in [0.25, 0.3) is 0 Å². The molecule has 4 nitrogen and oxygen atoms in total. The summed E-state index contributed by atoms with van der Waals surface area (Å²) in [5.41, 5.74) is 0. The average Bonchev–Trinajstić information content (AvgIpc) is 2.05. The van der Waals surface area contributed by atoms with Gasteiger partial charge in [0.2, 0.25) is 0 Å². The maximum Gasteiger partial charge on any atom is 0.404 e. The van der Waals surface area contributed by atoms with Crippen LogP contribution in [0.5, 0.6) is 0 Å². The molecule has 0 aromatic rings. The first kappa shape index (κ1) is 12.5. The molecule has 5 heteroatoms. The van der Waals surface area contributed by atoms with Gasteiger partial charge in [-0.2, -0.15) is 0 Å². The van der Waals surface area contributed by atoms with Crippen LogP contribution in [0.1, 0.15) is 19.3 Å². The molecule has 0 unspecified atom stereocenters. The number of hydrogen-bond acceptors (Lipinski definition) is 2. The van der Waals surface area contributed by atoms with E-state index >= 15 is 0 Å². The maximum atomic E-state index is 10.1. The molecule has 1 aliphatic rings. The van der Waals surface area contributed by atoms with Crippen molar-refractivity contribution >= 4 is 18.5 Å². The highest BCUT2D eigenvalue weighted by Crippen LogP contribution is 2.14. The van der Waals surface area contributed by atoms with Gasteiger partial charge in [0.1, 0.15) is 0 Å². The molecule has 13 heavy (non-hydrogen) atoms. The Hall–Kier alpha value is -0.480. The highest BCUT2D eigenvalue weighted by molar-refractivity contribution is 5.85. The van der Waals surface area contributed by atoms with E-state index in [9.17, 15) is 4.79 Å². The molecular formula is C8H17ClN2O2. The third kappa shape index (κ3) is 5.71. The van der Waals surface area contributed by atoms with Crippen LogP contribution in [0.3, 0.4) is 0 Å². The molecular weight excluding hydrogens is 192 g/mol. The topological polar surface area (TPSA) is 61.4 Å². The summed E-state index contributed by atoms with van der Waals surface area (Å²) in [6, 6.07) is 0. The lowest BCUT2D eigenvalue weighted by Gasteiger charge is -2.22. The Kier molecular flexibility index (Phi) is 6.72. The van der Waals surface area contributed by atoms with Gasteiger partial charge in [-0.3, -0.25) is 0 Å². The highest BCUT2D eigenvalue weighted by Gasteiger charge is 2.12. The molecule has 0 saturated carbocycles. The molecule has 0 bridgehead atoms. The Bertz CT molecular complexity index is 149. The molecule has 0 radical (unpaired) electrons. The van der Waals surface area contributed by atoms with Gasteiger partial charge < -0.3 is 15.7 Å². The molecule has 1 amide bonds. The zero-order chi connectivity index (χ0) is 8.81. The lowest BCUT2D eigenvalue weighted by atomic mass is 9.95. The molecule has 0 spiro atoms. The second kappa shape index (κ2) is 6.97. The van der Waals surface area contributed by atoms with Crippen LogP contribution >= 0.6 is 12.4 Å². The van der Waals surface area contributed by atoms with Crippen LogP contribution in [-0.2, 0) is 0 Å². The van der Waals surface area contributed by atoms with Gasteiger partial charge in [-0.15, -0.1) is 12.4 Å². The SMILES string of the molecule is Cl.O=C(O)NCCC1CCNCC1. The fraction of sp³-hybridized carbons (Fsp3) is 0.875. The molecule has 1 rings (SSSR count). The summed E-state index contributed by atoms with van der Waals surface area (Å²) in [7, 11) is 0. The number of carbonyl (C=O) groups is 1. The van der Waals surface area contributed by atoms with Crippen LogP contribution in [0, 0.1) is 5.92 Å². The van der Waals surface area contributed by atoms with Gasteiger partial charge >= 0.3 is 6.09 Å². The van der Waals surface area contributed by atoms with E-state index in [0.717, 1.165) is 19.5 Å². The largest absolute Gasteiger partial charge is 0.465 e. The summed E-state index contributed by atoms with van der Waals surface area (Å²) >= 11 is 0. The number of carboxylic acid groups (broad SMARTS) is 1. The third-order valence-electron chi connectivity index (χ3n) is 2.29. The lowest BCUT2D eigenvalue weighted by molar-refractivity contribution is 0.193. The normalized spacial score (nSPS) is 17.5. The van der Waals surface area contributed by atoms with Crippen molar-refractivity contribution in [2.24, 2.45) is 5.92 Å². The van der Waals surface area contributed by atoms with Crippen molar-refractivity contribution in [1.29, 1.82) is 0 Å². The summed E-state index contributed by atoms with van der Waals surface area (Å²) in [5.74, 6) is 0.707. The van der Waals surface area contributed by atoms with Crippen molar-refractivity contribution in [2.75, 3.05) is 19.6 Å². The minimum Gasteiger partial charge on any atom is -0.465 e. The van der Waals surface area contributed by atoms with E-state index < -0.39 is 6.09 Å². The van der Waals surface area contributed by atoms with E-state index in [1.807, 2.05) is 0 Å². The van der Waals surface area contributed by atoms with Crippen LogP contribution in [0.2, 0.25) is 0 Å². The monoisotopic (exact) mass is 208 g/mol. The number of rotatable bonds is 3. The van der Waals surface area contributed by atoms with Crippen molar-refractivity contribution < 1.29 is 9.90 Å². The Morgan fingerprint density at radius 1 is 1.46 bits per heavy atom. The molecule has 0 aromatic carbocycles. The standard InChI is InChI=1S/C8H16N2O2.ClH/c11-8(12)10-6-3-7-1-4-9-5-2-7;/h7,9-10H,1-6H2,(H,11,12);1H. The second-order valence-electron chi connectivity index (χ2n) is 3.21. The fourth-order valence-corrected chi connectivity index (χ4v) is 1.55. The van der Waals surface area contributed by atoms with Gasteiger partial charge in [-0.05, 0) is 38.3 Å². The van der Waals surface area contributed by atoms with Crippen LogP contribution < -0.4 is 10.6 Å². The fourth-order valence-electron chi connectivity index (χ4n) is 1.55. The first-order valence-corrected chi connectivity index (χ1v) is 4.46. The minimum atomic E-state index is -0.913. The Labute approximate surface area is 84.5 Å². The van der Waals surface area contributed by atoms with E-state index in [0.29, 0.717) is 12.5 Å². The van der Waals surface area contributed by atoms with Crippen molar-refractivity contribution in [3.8, 4) is 0 Å². The molecule has 78 valence electrons. The molecule has 3 N–H and O–H groups in total. The van der Waals surface area contributed by atoms with E-state index in [1.54, 1.807) is 0 Å². The molecule has 1 fully saturated rings. The van der Waals surface area contributed by atoms with Gasteiger partial charge in [-0.1, -0.05) is 0 Å². The number of piperidine rings is 1.